The quantitative estimate of drug-likeness (QED) is 0.308. The first-order valence-corrected chi connectivity index (χ1v) is 9.60. The number of nitrogens with one attached hydrogen (secondary N) is 1. The average Bonchev–Trinajstić information content (AvgIpc) is 2.51. The molecule has 4 nitrogen and oxygen atoms in total. The van der Waals surface area contributed by atoms with E-state index in [-0.39, 0.29) is 57.3 Å². The van der Waals surface area contributed by atoms with E-state index in [2.05, 4.69) is 12.2 Å². The third-order valence-electron chi connectivity index (χ3n) is 4.26. The van der Waals surface area contributed by atoms with E-state index in [1.807, 2.05) is 0 Å². The van der Waals surface area contributed by atoms with Gasteiger partial charge < -0.3 is 10.4 Å². The van der Waals surface area contributed by atoms with Crippen LogP contribution in [0.2, 0.25) is 0 Å². The van der Waals surface area contributed by atoms with E-state index in [0.29, 0.717) is 6.42 Å². The summed E-state index contributed by atoms with van der Waals surface area (Å²) in [5, 5.41) is 11.2. The molecule has 0 aromatic heterocycles. The summed E-state index contributed by atoms with van der Waals surface area (Å²) < 4.78 is 0. The molecule has 0 spiro atoms. The van der Waals surface area contributed by atoms with Crippen LogP contribution < -0.4 is 5.32 Å². The predicted molar refractivity (Wildman–Crippen MR) is 101 cm³/mol. The molecule has 0 aliphatic rings. The Hall–Kier alpha value is 0.576. The Morgan fingerprint density at radius 2 is 1.17 bits per heavy atom. The zero-order chi connectivity index (χ0) is 17.3. The van der Waals surface area contributed by atoms with E-state index in [4.69, 9.17) is 5.11 Å². The van der Waals surface area contributed by atoms with E-state index in [9.17, 15) is 9.59 Å². The van der Waals surface area contributed by atoms with Crippen LogP contribution in [0.4, 0.5) is 0 Å². The van der Waals surface area contributed by atoms with Gasteiger partial charge in [0.05, 0.1) is 0 Å². The number of amides is 1. The summed E-state index contributed by atoms with van der Waals surface area (Å²) in [4.78, 5) is 22.1. The smallest absolute Gasteiger partial charge is 0.325 e. The fraction of sp³-hybridized carbons (Fsp3) is 0.895. The van der Waals surface area contributed by atoms with Crippen molar-refractivity contribution < 1.29 is 14.7 Å². The van der Waals surface area contributed by atoms with E-state index in [0.717, 1.165) is 12.8 Å². The minimum absolute atomic E-state index is 0. The van der Waals surface area contributed by atoms with E-state index >= 15 is 0 Å². The van der Waals surface area contributed by atoms with Gasteiger partial charge in [-0.05, 0) is 13.3 Å². The van der Waals surface area contributed by atoms with Gasteiger partial charge in [0.15, 0.2) is 0 Å². The van der Waals surface area contributed by atoms with Crippen LogP contribution >= 0.6 is 0 Å². The molecule has 1 unspecified atom stereocenters. The summed E-state index contributed by atoms with van der Waals surface area (Å²) in [7, 11) is 0. The zero-order valence-corrected chi connectivity index (χ0v) is 19.4. The Bertz CT molecular complexity index is 311. The van der Waals surface area contributed by atoms with Crippen LogP contribution in [0.5, 0.6) is 0 Å². The third kappa shape index (κ3) is 18.9. The van der Waals surface area contributed by atoms with Gasteiger partial charge in [0.25, 0.3) is 0 Å². The maximum Gasteiger partial charge on any atom is 0.325 e. The molecule has 0 saturated carbocycles. The normalized spacial score (nSPS) is 11.6. The molecule has 0 aliphatic carbocycles. The Morgan fingerprint density at radius 3 is 1.54 bits per heavy atom. The topological polar surface area (TPSA) is 66.4 Å². The van der Waals surface area contributed by atoms with Crippen LogP contribution in [-0.4, -0.2) is 74.4 Å². The summed E-state index contributed by atoms with van der Waals surface area (Å²) in [6.07, 6.45) is 17.1. The van der Waals surface area contributed by atoms with Crippen LogP contribution in [0.1, 0.15) is 104 Å². The van der Waals surface area contributed by atoms with E-state index in [1.54, 1.807) is 0 Å². The number of carbonyl (C=O) groups is 2. The molecule has 24 heavy (non-hydrogen) atoms. The van der Waals surface area contributed by atoms with E-state index < -0.39 is 12.0 Å². The minimum Gasteiger partial charge on any atom is -0.480 e. The maximum absolute atomic E-state index is 11.5. The van der Waals surface area contributed by atoms with Crippen molar-refractivity contribution in [3.63, 3.8) is 0 Å². The first-order chi connectivity index (χ1) is 11.1. The third-order valence-corrected chi connectivity index (χ3v) is 4.26. The van der Waals surface area contributed by atoms with Gasteiger partial charge in [-0.2, -0.15) is 0 Å². The molecule has 5 heteroatoms. The van der Waals surface area contributed by atoms with Gasteiger partial charge in [-0.25, -0.2) is 0 Å². The van der Waals surface area contributed by atoms with Gasteiger partial charge in [0, 0.05) is 57.8 Å². The van der Waals surface area contributed by atoms with Gasteiger partial charge in [-0.3, -0.25) is 9.59 Å². The van der Waals surface area contributed by atoms with Crippen LogP contribution in [-0.2, 0) is 9.59 Å². The Morgan fingerprint density at radius 1 is 0.792 bits per heavy atom. The monoisotopic (exact) mass is 366 g/mol. The molecular formula is C19H37KNO3. The SMILES string of the molecule is CCCCCCCCCCCCCCCC(=O)NC(C)C(=O)O.[K]. The number of aliphatic carboxylic acids is 1. The molecule has 2 N–H and O–H groups in total. The van der Waals surface area contributed by atoms with Crippen LogP contribution in [0.25, 0.3) is 0 Å². The maximum atomic E-state index is 11.5. The summed E-state index contributed by atoms with van der Waals surface area (Å²) in [5.41, 5.74) is 0. The number of carbonyl (C=O) groups excluding carboxylic acids is 1. The summed E-state index contributed by atoms with van der Waals surface area (Å²) in [6.45, 7) is 3.74. The molecule has 1 amide bonds. The first kappa shape index (κ1) is 26.8. The molecule has 0 aliphatic heterocycles. The molecule has 0 aromatic rings. The second-order valence-corrected chi connectivity index (χ2v) is 6.62. The molecule has 137 valence electrons. The molecule has 1 atom stereocenters. The Balaban J connectivity index is 0. The molecule has 0 saturated heterocycles. The van der Waals surface area contributed by atoms with Gasteiger partial charge in [-0.1, -0.05) is 84.0 Å². The van der Waals surface area contributed by atoms with Crippen molar-refractivity contribution in [2.24, 2.45) is 0 Å². The van der Waals surface area contributed by atoms with Crippen molar-refractivity contribution in [2.45, 2.75) is 110 Å². The molecule has 1 radical (unpaired) electrons. The number of hydrogen-bond donors (Lipinski definition) is 2. The molecule has 0 rings (SSSR count). The van der Waals surface area contributed by atoms with Gasteiger partial charge in [0.2, 0.25) is 5.91 Å². The van der Waals surface area contributed by atoms with Crippen molar-refractivity contribution >= 4 is 63.3 Å². The molecular weight excluding hydrogens is 329 g/mol. The Kier molecular flexibility index (Phi) is 22.2. The van der Waals surface area contributed by atoms with Crippen molar-refractivity contribution in [3.8, 4) is 0 Å². The van der Waals surface area contributed by atoms with Crippen LogP contribution in [0, 0.1) is 0 Å². The van der Waals surface area contributed by atoms with Gasteiger partial charge in [-0.15, -0.1) is 0 Å². The van der Waals surface area contributed by atoms with E-state index in [1.165, 1.54) is 77.6 Å². The zero-order valence-electron chi connectivity index (χ0n) is 16.2. The summed E-state index contributed by atoms with van der Waals surface area (Å²) in [6, 6.07) is -0.788. The fourth-order valence-electron chi connectivity index (χ4n) is 2.68. The largest absolute Gasteiger partial charge is 0.480 e. The number of carboxylic acids is 1. The second kappa shape index (κ2) is 19.9. The van der Waals surface area contributed by atoms with Crippen molar-refractivity contribution in [3.05, 3.63) is 0 Å². The Labute approximate surface area is 191 Å². The average molecular weight is 367 g/mol. The van der Waals surface area contributed by atoms with Crippen LogP contribution in [0.15, 0.2) is 0 Å². The number of unbranched alkanes of at least 4 members (excludes halogenated alkanes) is 12. The molecule has 0 heterocycles. The molecule has 0 aromatic carbocycles. The fourth-order valence-corrected chi connectivity index (χ4v) is 2.68. The first-order valence-electron chi connectivity index (χ1n) is 9.60. The van der Waals surface area contributed by atoms with Crippen LogP contribution in [0.3, 0.4) is 0 Å². The predicted octanol–water partition coefficient (Wildman–Crippen LogP) is 4.68. The number of rotatable bonds is 16. The molecule has 0 fully saturated rings. The van der Waals surface area contributed by atoms with Gasteiger partial charge >= 0.3 is 5.97 Å². The standard InChI is InChI=1S/C19H37NO3.K/c1-3-4-5-6-7-8-9-10-11-12-13-14-15-16-18(21)20-17(2)19(22)23;/h17H,3-16H2,1-2H3,(H,20,21)(H,22,23);. The van der Waals surface area contributed by atoms with Crippen molar-refractivity contribution in [1.29, 1.82) is 0 Å². The minimum atomic E-state index is -0.983. The second-order valence-electron chi connectivity index (χ2n) is 6.62. The molecule has 0 bridgehead atoms. The summed E-state index contributed by atoms with van der Waals surface area (Å²) in [5.74, 6) is -1.13. The van der Waals surface area contributed by atoms with Crippen molar-refractivity contribution in [2.75, 3.05) is 0 Å². The number of hydrogen-bond acceptors (Lipinski definition) is 2. The summed E-state index contributed by atoms with van der Waals surface area (Å²) >= 11 is 0. The van der Waals surface area contributed by atoms with Crippen molar-refractivity contribution in [1.82, 2.24) is 5.32 Å². The van der Waals surface area contributed by atoms with Gasteiger partial charge in [0.1, 0.15) is 6.04 Å². The number of carboxylic acid groups (broad SMARTS) is 1.